The normalized spacial score (nSPS) is 11.1. The van der Waals surface area contributed by atoms with Crippen LogP contribution in [0.1, 0.15) is 33.4 Å². The molecule has 6 aromatic rings. The van der Waals surface area contributed by atoms with E-state index < -0.39 is 0 Å². The van der Waals surface area contributed by atoms with Crippen molar-refractivity contribution >= 4 is 46.3 Å². The molecule has 0 N–H and O–H groups in total. The van der Waals surface area contributed by atoms with Gasteiger partial charge in [0.15, 0.2) is 0 Å². The molecule has 0 unspecified atom stereocenters. The van der Waals surface area contributed by atoms with Crippen LogP contribution >= 0.6 is 0 Å². The van der Waals surface area contributed by atoms with Crippen molar-refractivity contribution < 1.29 is 0 Å². The van der Waals surface area contributed by atoms with Gasteiger partial charge < -0.3 is 9.80 Å². The summed E-state index contributed by atoms with van der Waals surface area (Å²) in [4.78, 5) is 4.66. The highest BCUT2D eigenvalue weighted by Crippen LogP contribution is 2.38. The number of aryl methyl sites for hydroxylation is 4. The molecule has 0 spiro atoms. The molecule has 0 aliphatic rings. The molecule has 0 heterocycles. The van der Waals surface area contributed by atoms with E-state index in [9.17, 15) is 0 Å². The van der Waals surface area contributed by atoms with E-state index in [0.29, 0.717) is 0 Å². The lowest BCUT2D eigenvalue weighted by Crippen LogP contribution is -2.11. The Morgan fingerprint density at radius 3 is 1.05 bits per heavy atom. The Bertz CT molecular complexity index is 1730. The number of nitrogens with zero attached hydrogens (tertiary/aromatic N) is 2. The summed E-state index contributed by atoms with van der Waals surface area (Å²) in [7, 11) is 0. The van der Waals surface area contributed by atoms with Gasteiger partial charge in [0.25, 0.3) is 0 Å². The van der Waals surface area contributed by atoms with Crippen LogP contribution in [0.15, 0.2) is 146 Å². The average molecular weight is 571 g/mol. The van der Waals surface area contributed by atoms with Crippen LogP contribution in [-0.4, -0.2) is 0 Å². The van der Waals surface area contributed by atoms with Crippen molar-refractivity contribution in [2.75, 3.05) is 9.80 Å². The van der Waals surface area contributed by atoms with E-state index in [4.69, 9.17) is 0 Å². The Labute approximate surface area is 262 Å². The lowest BCUT2D eigenvalue weighted by atomic mass is 10.1. The zero-order valence-electron chi connectivity index (χ0n) is 25.9. The lowest BCUT2D eigenvalue weighted by Gasteiger charge is -2.27. The van der Waals surface area contributed by atoms with Gasteiger partial charge in [-0.1, -0.05) is 108 Å². The van der Waals surface area contributed by atoms with Gasteiger partial charge in [-0.3, -0.25) is 0 Å². The van der Waals surface area contributed by atoms with Gasteiger partial charge in [-0.25, -0.2) is 0 Å². The molecule has 6 aromatic carbocycles. The van der Waals surface area contributed by atoms with Crippen LogP contribution in [0.25, 0.3) is 12.2 Å². The molecule has 0 bridgehead atoms. The van der Waals surface area contributed by atoms with E-state index in [-0.39, 0.29) is 0 Å². The quantitative estimate of drug-likeness (QED) is 0.168. The van der Waals surface area contributed by atoms with E-state index in [1.54, 1.807) is 0 Å². The highest BCUT2D eigenvalue weighted by Gasteiger charge is 2.15. The molecule has 0 aliphatic carbocycles. The van der Waals surface area contributed by atoms with Gasteiger partial charge in [0.1, 0.15) is 0 Å². The molecule has 0 saturated heterocycles. The monoisotopic (exact) mass is 570 g/mol. The van der Waals surface area contributed by atoms with E-state index >= 15 is 0 Å². The Morgan fingerprint density at radius 2 is 0.705 bits per heavy atom. The van der Waals surface area contributed by atoms with E-state index in [0.717, 1.165) is 33.9 Å². The Kier molecular flexibility index (Phi) is 8.43. The summed E-state index contributed by atoms with van der Waals surface area (Å²) in [5.41, 5.74) is 14.3. The summed E-state index contributed by atoms with van der Waals surface area (Å²) < 4.78 is 0. The van der Waals surface area contributed by atoms with Crippen LogP contribution in [0.5, 0.6) is 0 Å². The van der Waals surface area contributed by atoms with Crippen molar-refractivity contribution in [3.63, 3.8) is 0 Å². The zero-order chi connectivity index (χ0) is 30.5. The first-order chi connectivity index (χ1) is 21.5. The molecular formula is C42H38N2. The summed E-state index contributed by atoms with van der Waals surface area (Å²) >= 11 is 0. The van der Waals surface area contributed by atoms with Crippen molar-refractivity contribution in [2.45, 2.75) is 27.7 Å². The molecule has 0 amide bonds. The molecule has 2 heteroatoms. The summed E-state index contributed by atoms with van der Waals surface area (Å²) in [6, 6.07) is 52.0. The summed E-state index contributed by atoms with van der Waals surface area (Å²) in [6.07, 6.45) is 4.36. The topological polar surface area (TPSA) is 6.48 Å². The summed E-state index contributed by atoms with van der Waals surface area (Å²) in [6.45, 7) is 8.65. The first kappa shape index (κ1) is 28.8. The number of hydrogen-bond acceptors (Lipinski definition) is 2. The maximum atomic E-state index is 2.33. The fourth-order valence-electron chi connectivity index (χ4n) is 5.78. The van der Waals surface area contributed by atoms with Gasteiger partial charge in [0.05, 0.1) is 0 Å². The Morgan fingerprint density at radius 1 is 0.364 bits per heavy atom. The van der Waals surface area contributed by atoms with Crippen LogP contribution < -0.4 is 9.80 Å². The lowest BCUT2D eigenvalue weighted by molar-refractivity contribution is 1.24. The molecule has 0 saturated carbocycles. The van der Waals surface area contributed by atoms with Gasteiger partial charge >= 0.3 is 0 Å². The number of para-hydroxylation sites is 2. The third-order valence-electron chi connectivity index (χ3n) is 7.99. The standard InChI is InChI=1S/C42H38N2/c1-31-15-27-41(33(3)29-31)43(37-11-7-5-8-12-37)39-23-19-35(20-24-39)17-18-36-21-25-40(26-22-36)44(38-13-9-6-10-14-38)42-28-16-32(2)30-34(42)4/h5-30H,1-4H3/b18-17+. The largest absolute Gasteiger partial charge is 0.310 e. The predicted octanol–water partition coefficient (Wildman–Crippen LogP) is 12.0. The second-order valence-corrected chi connectivity index (χ2v) is 11.4. The third kappa shape index (κ3) is 6.35. The third-order valence-corrected chi connectivity index (χ3v) is 7.99. The first-order valence-corrected chi connectivity index (χ1v) is 15.2. The molecule has 0 aliphatic heterocycles. The van der Waals surface area contributed by atoms with Gasteiger partial charge in [0.2, 0.25) is 0 Å². The van der Waals surface area contributed by atoms with Crippen molar-refractivity contribution in [1.82, 2.24) is 0 Å². The number of anilines is 6. The molecule has 0 fully saturated rings. The molecule has 0 radical (unpaired) electrons. The molecule has 0 atom stereocenters. The van der Waals surface area contributed by atoms with E-state index in [2.05, 4.69) is 195 Å². The fourth-order valence-corrected chi connectivity index (χ4v) is 5.78. The summed E-state index contributed by atoms with van der Waals surface area (Å²) in [5, 5.41) is 0. The van der Waals surface area contributed by atoms with Gasteiger partial charge in [-0.2, -0.15) is 0 Å². The maximum Gasteiger partial charge on any atom is 0.0490 e. The van der Waals surface area contributed by atoms with Crippen LogP contribution in [0.3, 0.4) is 0 Å². The van der Waals surface area contributed by atoms with Crippen molar-refractivity contribution in [3.8, 4) is 0 Å². The van der Waals surface area contributed by atoms with Crippen molar-refractivity contribution in [3.05, 3.63) is 179 Å². The smallest absolute Gasteiger partial charge is 0.0490 e. The van der Waals surface area contributed by atoms with Crippen LogP contribution in [0.2, 0.25) is 0 Å². The molecule has 6 rings (SSSR count). The molecule has 216 valence electrons. The predicted molar refractivity (Wildman–Crippen MR) is 190 cm³/mol. The SMILES string of the molecule is Cc1ccc(N(c2ccccc2)c2ccc(/C=C/c3ccc(N(c4ccccc4)c4ccc(C)cc4C)cc3)cc2)c(C)c1. The minimum absolute atomic E-state index is 1.14. The molecule has 2 nitrogen and oxygen atoms in total. The zero-order valence-corrected chi connectivity index (χ0v) is 25.9. The number of rotatable bonds is 8. The van der Waals surface area contributed by atoms with Crippen LogP contribution in [0, 0.1) is 27.7 Å². The maximum absolute atomic E-state index is 2.33. The van der Waals surface area contributed by atoms with Crippen molar-refractivity contribution in [1.29, 1.82) is 0 Å². The second kappa shape index (κ2) is 12.9. The minimum atomic E-state index is 1.14. The van der Waals surface area contributed by atoms with E-state index in [1.807, 2.05) is 0 Å². The van der Waals surface area contributed by atoms with Crippen LogP contribution in [-0.2, 0) is 0 Å². The highest BCUT2D eigenvalue weighted by molar-refractivity contribution is 5.81. The first-order valence-electron chi connectivity index (χ1n) is 15.2. The van der Waals surface area contributed by atoms with Gasteiger partial charge in [-0.15, -0.1) is 0 Å². The molecule has 0 aromatic heterocycles. The Hall–Kier alpha value is -5.34. The van der Waals surface area contributed by atoms with Gasteiger partial charge in [-0.05, 0) is 111 Å². The Balaban J connectivity index is 1.25. The average Bonchev–Trinajstić information content (AvgIpc) is 3.04. The number of hydrogen-bond donors (Lipinski definition) is 0. The summed E-state index contributed by atoms with van der Waals surface area (Å²) in [5.74, 6) is 0. The fraction of sp³-hybridized carbons (Fsp3) is 0.0952. The molecular weight excluding hydrogens is 532 g/mol. The number of benzene rings is 6. The minimum Gasteiger partial charge on any atom is -0.310 e. The highest BCUT2D eigenvalue weighted by atomic mass is 15.1. The van der Waals surface area contributed by atoms with Crippen LogP contribution in [0.4, 0.5) is 34.1 Å². The van der Waals surface area contributed by atoms with Crippen molar-refractivity contribution in [2.24, 2.45) is 0 Å². The molecule has 44 heavy (non-hydrogen) atoms. The second-order valence-electron chi connectivity index (χ2n) is 11.4. The van der Waals surface area contributed by atoms with Gasteiger partial charge in [0, 0.05) is 34.1 Å². The van der Waals surface area contributed by atoms with E-state index in [1.165, 1.54) is 33.6 Å².